The van der Waals surface area contributed by atoms with Crippen LogP contribution in [0, 0.1) is 6.92 Å². The lowest BCUT2D eigenvalue weighted by atomic mass is 10.1. The summed E-state index contributed by atoms with van der Waals surface area (Å²) in [6.45, 7) is 7.24. The smallest absolute Gasteiger partial charge is 0.113 e. The highest BCUT2D eigenvalue weighted by molar-refractivity contribution is 5.76. The van der Waals surface area contributed by atoms with E-state index < -0.39 is 0 Å². The zero-order valence-electron chi connectivity index (χ0n) is 12.7. The molecule has 0 radical (unpaired) electrons. The fourth-order valence-corrected chi connectivity index (χ4v) is 2.42. The molecule has 21 heavy (non-hydrogen) atoms. The highest BCUT2D eigenvalue weighted by Crippen LogP contribution is 2.20. The van der Waals surface area contributed by atoms with Gasteiger partial charge in [-0.3, -0.25) is 0 Å². The minimum atomic E-state index is 0.450. The van der Waals surface area contributed by atoms with E-state index in [0.717, 1.165) is 23.3 Å². The van der Waals surface area contributed by atoms with Gasteiger partial charge < -0.3 is 5.32 Å². The summed E-state index contributed by atoms with van der Waals surface area (Å²) in [7, 11) is 0. The Morgan fingerprint density at radius 2 is 1.95 bits per heavy atom. The van der Waals surface area contributed by atoms with E-state index in [1.54, 1.807) is 0 Å². The van der Waals surface area contributed by atoms with Crippen LogP contribution in [0.1, 0.15) is 25.0 Å². The first kappa shape index (κ1) is 13.8. The zero-order chi connectivity index (χ0) is 14.8. The Bertz CT molecular complexity index is 758. The number of benzene rings is 2. The van der Waals surface area contributed by atoms with E-state index >= 15 is 0 Å². The molecule has 0 aliphatic heterocycles. The van der Waals surface area contributed by atoms with Crippen molar-refractivity contribution >= 4 is 11.0 Å². The van der Waals surface area contributed by atoms with Gasteiger partial charge in [-0.2, -0.15) is 0 Å². The second-order valence-electron chi connectivity index (χ2n) is 5.66. The third-order valence-electron chi connectivity index (χ3n) is 3.52. The number of para-hydroxylation sites is 1. The molecule has 3 aromatic rings. The third-order valence-corrected chi connectivity index (χ3v) is 3.52. The summed E-state index contributed by atoms with van der Waals surface area (Å²) >= 11 is 0. The Morgan fingerprint density at radius 1 is 1.14 bits per heavy atom. The third kappa shape index (κ3) is 2.81. The van der Waals surface area contributed by atoms with Crippen molar-refractivity contribution < 1.29 is 0 Å². The molecule has 1 heterocycles. The fourth-order valence-electron chi connectivity index (χ4n) is 2.42. The molecule has 1 aromatic heterocycles. The number of rotatable bonds is 4. The molecule has 0 aliphatic carbocycles. The summed E-state index contributed by atoms with van der Waals surface area (Å²) < 4.78 is 1.92. The number of fused-ring (bicyclic) bond motifs is 1. The largest absolute Gasteiger partial charge is 0.310 e. The molecule has 0 unspecified atom stereocenters. The molecular weight excluding hydrogens is 260 g/mol. The van der Waals surface area contributed by atoms with Gasteiger partial charge in [-0.25, -0.2) is 4.68 Å². The van der Waals surface area contributed by atoms with E-state index in [2.05, 4.69) is 60.7 Å². The van der Waals surface area contributed by atoms with E-state index in [1.165, 1.54) is 11.1 Å². The molecule has 108 valence electrons. The summed E-state index contributed by atoms with van der Waals surface area (Å²) in [6.07, 6.45) is 0. The molecule has 2 aromatic carbocycles. The van der Waals surface area contributed by atoms with Crippen LogP contribution in [0.3, 0.4) is 0 Å². The summed E-state index contributed by atoms with van der Waals surface area (Å²) in [4.78, 5) is 0. The summed E-state index contributed by atoms with van der Waals surface area (Å²) in [5.41, 5.74) is 5.53. The van der Waals surface area contributed by atoms with Gasteiger partial charge in [0.25, 0.3) is 0 Å². The van der Waals surface area contributed by atoms with Gasteiger partial charge in [-0.15, -0.1) is 5.10 Å². The summed E-state index contributed by atoms with van der Waals surface area (Å²) in [5, 5.41) is 12.0. The lowest BCUT2D eigenvalue weighted by molar-refractivity contribution is 0.586. The predicted molar refractivity (Wildman–Crippen MR) is 85.6 cm³/mol. The molecule has 0 aliphatic rings. The number of aryl methyl sites for hydroxylation is 1. The highest BCUT2D eigenvalue weighted by atomic mass is 15.4. The Kier molecular flexibility index (Phi) is 3.71. The average Bonchev–Trinajstić information content (AvgIpc) is 2.89. The SMILES string of the molecule is Cc1ccc(-n2nnc3ccccc32)c(CNC(C)C)c1. The number of nitrogens with zero attached hydrogens (tertiary/aromatic N) is 3. The predicted octanol–water partition coefficient (Wildman–Crippen LogP) is 3.23. The fraction of sp³-hybridized carbons (Fsp3) is 0.294. The van der Waals surface area contributed by atoms with Crippen LogP contribution in [-0.2, 0) is 6.54 Å². The van der Waals surface area contributed by atoms with Crippen LogP contribution < -0.4 is 5.32 Å². The second-order valence-corrected chi connectivity index (χ2v) is 5.66. The van der Waals surface area contributed by atoms with Crippen molar-refractivity contribution in [3.8, 4) is 5.69 Å². The average molecular weight is 280 g/mol. The molecule has 0 bridgehead atoms. The van der Waals surface area contributed by atoms with Gasteiger partial charge in [0, 0.05) is 12.6 Å². The Morgan fingerprint density at radius 3 is 2.76 bits per heavy atom. The standard InChI is InChI=1S/C17H20N4/c1-12(2)18-11-14-10-13(3)8-9-16(14)21-17-7-5-4-6-15(17)19-20-21/h4-10,12,18H,11H2,1-3H3. The number of hydrogen-bond donors (Lipinski definition) is 1. The summed E-state index contributed by atoms with van der Waals surface area (Å²) in [5.74, 6) is 0. The molecule has 0 amide bonds. The highest BCUT2D eigenvalue weighted by Gasteiger charge is 2.10. The first-order chi connectivity index (χ1) is 10.1. The van der Waals surface area contributed by atoms with Gasteiger partial charge in [-0.05, 0) is 30.7 Å². The second kappa shape index (κ2) is 5.66. The van der Waals surface area contributed by atoms with Crippen molar-refractivity contribution in [1.82, 2.24) is 20.3 Å². The van der Waals surface area contributed by atoms with Crippen LogP contribution in [0.5, 0.6) is 0 Å². The Labute approximate surface area is 124 Å². The van der Waals surface area contributed by atoms with Crippen LogP contribution in [0.25, 0.3) is 16.7 Å². The van der Waals surface area contributed by atoms with Gasteiger partial charge in [0.1, 0.15) is 5.52 Å². The minimum Gasteiger partial charge on any atom is -0.310 e. The minimum absolute atomic E-state index is 0.450. The molecule has 3 rings (SSSR count). The van der Waals surface area contributed by atoms with Gasteiger partial charge >= 0.3 is 0 Å². The molecule has 0 fully saturated rings. The Hall–Kier alpha value is -2.20. The van der Waals surface area contributed by atoms with Crippen molar-refractivity contribution in [2.45, 2.75) is 33.4 Å². The van der Waals surface area contributed by atoms with Gasteiger partial charge in [0.2, 0.25) is 0 Å². The molecule has 0 spiro atoms. The van der Waals surface area contributed by atoms with E-state index in [0.29, 0.717) is 6.04 Å². The van der Waals surface area contributed by atoms with Crippen LogP contribution in [0.15, 0.2) is 42.5 Å². The first-order valence-corrected chi connectivity index (χ1v) is 7.29. The zero-order valence-corrected chi connectivity index (χ0v) is 12.7. The lowest BCUT2D eigenvalue weighted by Gasteiger charge is -2.13. The van der Waals surface area contributed by atoms with Crippen molar-refractivity contribution in [3.05, 3.63) is 53.6 Å². The number of nitrogens with one attached hydrogen (secondary N) is 1. The molecule has 4 heteroatoms. The molecule has 4 nitrogen and oxygen atoms in total. The maximum Gasteiger partial charge on any atom is 0.113 e. The monoisotopic (exact) mass is 280 g/mol. The van der Waals surface area contributed by atoms with E-state index in [-0.39, 0.29) is 0 Å². The number of hydrogen-bond acceptors (Lipinski definition) is 3. The van der Waals surface area contributed by atoms with Gasteiger partial charge in [0.15, 0.2) is 0 Å². The topological polar surface area (TPSA) is 42.7 Å². The van der Waals surface area contributed by atoms with Gasteiger partial charge in [-0.1, -0.05) is 48.9 Å². The molecular formula is C17H20N4. The van der Waals surface area contributed by atoms with Gasteiger partial charge in [0.05, 0.1) is 11.2 Å². The normalized spacial score (nSPS) is 11.4. The van der Waals surface area contributed by atoms with Crippen molar-refractivity contribution in [3.63, 3.8) is 0 Å². The van der Waals surface area contributed by atoms with Crippen LogP contribution in [0.4, 0.5) is 0 Å². The Balaban J connectivity index is 2.09. The van der Waals surface area contributed by atoms with Crippen LogP contribution in [-0.4, -0.2) is 21.0 Å². The molecule has 0 atom stereocenters. The quantitative estimate of drug-likeness (QED) is 0.798. The van der Waals surface area contributed by atoms with Crippen molar-refractivity contribution in [2.24, 2.45) is 0 Å². The molecule has 1 N–H and O–H groups in total. The van der Waals surface area contributed by atoms with Crippen molar-refractivity contribution in [2.75, 3.05) is 0 Å². The summed E-state index contributed by atoms with van der Waals surface area (Å²) in [6, 6.07) is 14.9. The molecule has 0 saturated carbocycles. The van der Waals surface area contributed by atoms with Crippen LogP contribution >= 0.6 is 0 Å². The molecule has 0 saturated heterocycles. The maximum atomic E-state index is 4.32. The number of aromatic nitrogens is 3. The first-order valence-electron chi connectivity index (χ1n) is 7.29. The van der Waals surface area contributed by atoms with E-state index in [9.17, 15) is 0 Å². The van der Waals surface area contributed by atoms with Crippen molar-refractivity contribution in [1.29, 1.82) is 0 Å². The lowest BCUT2D eigenvalue weighted by Crippen LogP contribution is -2.22. The maximum absolute atomic E-state index is 4.32. The van der Waals surface area contributed by atoms with E-state index in [1.807, 2.05) is 22.9 Å². The van der Waals surface area contributed by atoms with E-state index in [4.69, 9.17) is 0 Å². The van der Waals surface area contributed by atoms with Crippen LogP contribution in [0.2, 0.25) is 0 Å².